The Morgan fingerprint density at radius 1 is 1.22 bits per heavy atom. The topological polar surface area (TPSA) is 56.7 Å². The molecule has 0 spiro atoms. The molecule has 0 atom stereocenters. The summed E-state index contributed by atoms with van der Waals surface area (Å²) in [5.41, 5.74) is 8.26. The van der Waals surface area contributed by atoms with Crippen LogP contribution >= 0.6 is 0 Å². The SMILES string of the molecule is Cc1cccc(F)c1-n1c(N)nc2cccnc21. The number of nitrogen functional groups attached to an aromatic ring is 1. The maximum absolute atomic E-state index is 14.0. The van der Waals surface area contributed by atoms with Crippen molar-refractivity contribution in [1.29, 1.82) is 0 Å². The van der Waals surface area contributed by atoms with Gasteiger partial charge in [-0.2, -0.15) is 0 Å². The highest BCUT2D eigenvalue weighted by Crippen LogP contribution is 2.25. The van der Waals surface area contributed by atoms with Crippen LogP contribution < -0.4 is 5.73 Å². The number of aryl methyl sites for hydroxylation is 1. The van der Waals surface area contributed by atoms with E-state index in [9.17, 15) is 4.39 Å². The van der Waals surface area contributed by atoms with Crippen LogP contribution in [0.5, 0.6) is 0 Å². The molecule has 0 fully saturated rings. The first-order valence-corrected chi connectivity index (χ1v) is 5.53. The number of hydrogen-bond donors (Lipinski definition) is 1. The van der Waals surface area contributed by atoms with E-state index in [2.05, 4.69) is 9.97 Å². The van der Waals surface area contributed by atoms with Gasteiger partial charge in [0.15, 0.2) is 5.65 Å². The van der Waals surface area contributed by atoms with Gasteiger partial charge in [0.2, 0.25) is 5.95 Å². The smallest absolute Gasteiger partial charge is 0.207 e. The number of fused-ring (bicyclic) bond motifs is 1. The highest BCUT2D eigenvalue weighted by molar-refractivity contribution is 5.77. The Labute approximate surface area is 103 Å². The molecule has 3 rings (SSSR count). The summed E-state index contributed by atoms with van der Waals surface area (Å²) in [6.07, 6.45) is 1.64. The minimum absolute atomic E-state index is 0.233. The van der Waals surface area contributed by atoms with E-state index in [0.29, 0.717) is 16.9 Å². The monoisotopic (exact) mass is 242 g/mol. The van der Waals surface area contributed by atoms with Gasteiger partial charge in [-0.05, 0) is 30.7 Å². The first-order valence-electron chi connectivity index (χ1n) is 5.53. The zero-order valence-electron chi connectivity index (χ0n) is 9.76. The second-order valence-corrected chi connectivity index (χ2v) is 4.06. The van der Waals surface area contributed by atoms with E-state index in [-0.39, 0.29) is 11.8 Å². The average Bonchev–Trinajstić information content (AvgIpc) is 2.66. The summed E-state index contributed by atoms with van der Waals surface area (Å²) in [6, 6.07) is 8.46. The zero-order valence-corrected chi connectivity index (χ0v) is 9.76. The number of benzene rings is 1. The molecule has 0 aliphatic carbocycles. The predicted molar refractivity (Wildman–Crippen MR) is 68.0 cm³/mol. The fourth-order valence-electron chi connectivity index (χ4n) is 2.06. The van der Waals surface area contributed by atoms with Crippen LogP contribution in [0.3, 0.4) is 0 Å². The molecule has 2 N–H and O–H groups in total. The maximum atomic E-state index is 14.0. The van der Waals surface area contributed by atoms with Gasteiger partial charge in [-0.25, -0.2) is 14.4 Å². The van der Waals surface area contributed by atoms with Crippen molar-refractivity contribution in [3.8, 4) is 5.69 Å². The lowest BCUT2D eigenvalue weighted by molar-refractivity contribution is 0.618. The summed E-state index contributed by atoms with van der Waals surface area (Å²) in [7, 11) is 0. The van der Waals surface area contributed by atoms with Crippen LogP contribution in [0.2, 0.25) is 0 Å². The normalized spacial score (nSPS) is 11.0. The molecule has 3 aromatic rings. The number of nitrogens with two attached hydrogens (primary N) is 1. The molecule has 5 heteroatoms. The minimum atomic E-state index is -0.341. The van der Waals surface area contributed by atoms with Crippen LogP contribution in [0.25, 0.3) is 16.9 Å². The molecule has 0 aliphatic heterocycles. The molecule has 4 nitrogen and oxygen atoms in total. The van der Waals surface area contributed by atoms with E-state index in [1.807, 2.05) is 13.0 Å². The van der Waals surface area contributed by atoms with Gasteiger partial charge in [0.25, 0.3) is 0 Å². The number of pyridine rings is 1. The summed E-state index contributed by atoms with van der Waals surface area (Å²) in [5, 5.41) is 0. The van der Waals surface area contributed by atoms with E-state index in [1.54, 1.807) is 29.0 Å². The Hall–Kier alpha value is -2.43. The number of nitrogens with zero attached hydrogens (tertiary/aromatic N) is 3. The largest absolute Gasteiger partial charge is 0.369 e. The molecule has 0 amide bonds. The Balaban J connectivity index is 2.42. The summed E-state index contributed by atoms with van der Waals surface area (Å²) in [5.74, 6) is -0.108. The highest BCUT2D eigenvalue weighted by Gasteiger charge is 2.15. The third-order valence-electron chi connectivity index (χ3n) is 2.85. The lowest BCUT2D eigenvalue weighted by Gasteiger charge is -2.10. The van der Waals surface area contributed by atoms with Crippen LogP contribution in [-0.4, -0.2) is 14.5 Å². The van der Waals surface area contributed by atoms with Crippen molar-refractivity contribution < 1.29 is 4.39 Å². The maximum Gasteiger partial charge on any atom is 0.207 e. The molecule has 0 radical (unpaired) electrons. The van der Waals surface area contributed by atoms with E-state index < -0.39 is 0 Å². The summed E-state index contributed by atoms with van der Waals surface area (Å²) in [4.78, 5) is 8.40. The summed E-state index contributed by atoms with van der Waals surface area (Å²) < 4.78 is 15.5. The molecular formula is C13H11FN4. The van der Waals surface area contributed by atoms with Gasteiger partial charge in [-0.1, -0.05) is 12.1 Å². The van der Waals surface area contributed by atoms with Gasteiger partial charge < -0.3 is 5.73 Å². The highest BCUT2D eigenvalue weighted by atomic mass is 19.1. The number of halogens is 1. The number of rotatable bonds is 1. The lowest BCUT2D eigenvalue weighted by Crippen LogP contribution is -2.05. The third-order valence-corrected chi connectivity index (χ3v) is 2.85. The molecule has 2 aromatic heterocycles. The van der Waals surface area contributed by atoms with Crippen LogP contribution in [-0.2, 0) is 0 Å². The molecule has 0 bridgehead atoms. The number of hydrogen-bond acceptors (Lipinski definition) is 3. The molecule has 1 aromatic carbocycles. The Morgan fingerprint density at radius 2 is 2.06 bits per heavy atom. The van der Waals surface area contributed by atoms with Crippen molar-refractivity contribution in [2.75, 3.05) is 5.73 Å². The quantitative estimate of drug-likeness (QED) is 0.713. The molecule has 90 valence electrons. The summed E-state index contributed by atoms with van der Waals surface area (Å²) >= 11 is 0. The van der Waals surface area contributed by atoms with Crippen molar-refractivity contribution in [3.05, 3.63) is 47.9 Å². The second-order valence-electron chi connectivity index (χ2n) is 4.06. The molecule has 0 unspecified atom stereocenters. The molecule has 2 heterocycles. The molecular weight excluding hydrogens is 231 g/mol. The molecule has 18 heavy (non-hydrogen) atoms. The lowest BCUT2D eigenvalue weighted by atomic mass is 10.2. The first-order chi connectivity index (χ1) is 8.68. The molecule has 0 saturated carbocycles. The van der Waals surface area contributed by atoms with Crippen LogP contribution in [0.4, 0.5) is 10.3 Å². The van der Waals surface area contributed by atoms with Gasteiger partial charge in [0, 0.05) is 6.20 Å². The fourth-order valence-corrected chi connectivity index (χ4v) is 2.06. The second kappa shape index (κ2) is 3.80. The van der Waals surface area contributed by atoms with E-state index in [4.69, 9.17) is 5.73 Å². The van der Waals surface area contributed by atoms with Gasteiger partial charge in [-0.3, -0.25) is 4.57 Å². The van der Waals surface area contributed by atoms with E-state index in [1.165, 1.54) is 6.07 Å². The summed E-state index contributed by atoms with van der Waals surface area (Å²) in [6.45, 7) is 1.83. The van der Waals surface area contributed by atoms with Gasteiger partial charge in [0.1, 0.15) is 11.3 Å². The molecule has 0 aliphatic rings. The number of para-hydroxylation sites is 1. The van der Waals surface area contributed by atoms with Crippen molar-refractivity contribution in [1.82, 2.24) is 14.5 Å². The number of aromatic nitrogens is 3. The fraction of sp³-hybridized carbons (Fsp3) is 0.0769. The third kappa shape index (κ3) is 1.44. The zero-order chi connectivity index (χ0) is 12.7. The van der Waals surface area contributed by atoms with Gasteiger partial charge in [0.05, 0.1) is 5.69 Å². The van der Waals surface area contributed by atoms with Gasteiger partial charge >= 0.3 is 0 Å². The van der Waals surface area contributed by atoms with Crippen molar-refractivity contribution in [3.63, 3.8) is 0 Å². The van der Waals surface area contributed by atoms with Crippen molar-refractivity contribution >= 4 is 17.1 Å². The minimum Gasteiger partial charge on any atom is -0.369 e. The van der Waals surface area contributed by atoms with E-state index >= 15 is 0 Å². The van der Waals surface area contributed by atoms with Crippen molar-refractivity contribution in [2.45, 2.75) is 6.92 Å². The number of anilines is 1. The Morgan fingerprint density at radius 3 is 2.83 bits per heavy atom. The van der Waals surface area contributed by atoms with Crippen LogP contribution in [0.1, 0.15) is 5.56 Å². The standard InChI is InChI=1S/C13H11FN4/c1-8-4-2-5-9(14)11(8)18-12-10(17-13(18)15)6-3-7-16-12/h2-7H,1H3,(H2,15,17). The number of imidazole rings is 1. The molecule has 0 saturated heterocycles. The average molecular weight is 242 g/mol. The Bertz CT molecular complexity index is 713. The van der Waals surface area contributed by atoms with Crippen LogP contribution in [0.15, 0.2) is 36.5 Å². The predicted octanol–water partition coefficient (Wildman–Crippen LogP) is 2.45. The van der Waals surface area contributed by atoms with E-state index in [0.717, 1.165) is 5.56 Å². The first kappa shape index (κ1) is 10.7. The van der Waals surface area contributed by atoms with Crippen LogP contribution in [0, 0.1) is 12.7 Å². The van der Waals surface area contributed by atoms with Crippen molar-refractivity contribution in [2.24, 2.45) is 0 Å². The van der Waals surface area contributed by atoms with Gasteiger partial charge in [-0.15, -0.1) is 0 Å². The Kier molecular flexibility index (Phi) is 2.26.